The van der Waals surface area contributed by atoms with Crippen molar-refractivity contribution in [1.82, 2.24) is 0 Å². The average molecular weight is 179 g/mol. The molecule has 70 valence electrons. The van der Waals surface area contributed by atoms with Crippen LogP contribution in [0.15, 0.2) is 36.2 Å². The predicted octanol–water partition coefficient (Wildman–Crippen LogP) is 3.67. The summed E-state index contributed by atoms with van der Waals surface area (Å²) in [5.41, 5.74) is 1.09. The van der Waals surface area contributed by atoms with E-state index in [1.165, 1.54) is 6.08 Å². The van der Waals surface area contributed by atoms with Gasteiger partial charge in [-0.1, -0.05) is 17.7 Å². The summed E-state index contributed by atoms with van der Waals surface area (Å²) in [5.74, 6) is -0.353. The normalized spacial score (nSPS) is 12.4. The molecule has 0 heterocycles. The summed E-state index contributed by atoms with van der Waals surface area (Å²) in [6, 6.07) is 1.76. The molecule has 0 radical (unpaired) electrons. The summed E-state index contributed by atoms with van der Waals surface area (Å²) in [5, 5.41) is 8.18. The second-order valence-corrected chi connectivity index (χ2v) is 2.76. The zero-order chi connectivity index (χ0) is 10.1. The first kappa shape index (κ1) is 11.6. The monoisotopic (exact) mass is 179 g/mol. The Bertz CT molecular complexity index is 256. The highest BCUT2D eigenvalue weighted by Crippen LogP contribution is 2.08. The number of halogens is 1. The average Bonchev–Trinajstić information content (AvgIpc) is 2.12. The van der Waals surface area contributed by atoms with Gasteiger partial charge in [-0.05, 0) is 25.8 Å². The number of allylic oxidation sites excluding steroid dienone is 5. The van der Waals surface area contributed by atoms with Crippen molar-refractivity contribution in [3.05, 3.63) is 36.2 Å². The topological polar surface area (TPSA) is 23.8 Å². The first-order valence-corrected chi connectivity index (χ1v) is 4.18. The molecule has 0 aromatic heterocycles. The van der Waals surface area contributed by atoms with E-state index in [1.54, 1.807) is 12.1 Å². The number of rotatable bonds is 5. The fourth-order valence-corrected chi connectivity index (χ4v) is 0.787. The van der Waals surface area contributed by atoms with E-state index in [0.29, 0.717) is 6.42 Å². The van der Waals surface area contributed by atoms with Crippen molar-refractivity contribution in [2.75, 3.05) is 0 Å². The molecule has 0 aromatic carbocycles. The Balaban J connectivity index is 3.93. The van der Waals surface area contributed by atoms with E-state index in [1.807, 2.05) is 13.0 Å². The fourth-order valence-electron chi connectivity index (χ4n) is 0.787. The second-order valence-electron chi connectivity index (χ2n) is 2.76. The van der Waals surface area contributed by atoms with Crippen LogP contribution in [0, 0.1) is 11.3 Å². The van der Waals surface area contributed by atoms with Gasteiger partial charge in [-0.3, -0.25) is 0 Å². The smallest absolute Gasteiger partial charge is 0.110 e. The molecule has 0 amide bonds. The molecule has 0 atom stereocenters. The zero-order valence-corrected chi connectivity index (χ0v) is 7.89. The van der Waals surface area contributed by atoms with Crippen LogP contribution >= 0.6 is 0 Å². The molecule has 0 N–H and O–H groups in total. The summed E-state index contributed by atoms with van der Waals surface area (Å²) in [4.78, 5) is 0. The first-order chi connectivity index (χ1) is 6.20. The van der Waals surface area contributed by atoms with Gasteiger partial charge >= 0.3 is 0 Å². The minimum absolute atomic E-state index is 0.130. The lowest BCUT2D eigenvalue weighted by Gasteiger charge is -1.94. The van der Waals surface area contributed by atoms with Crippen LogP contribution in [-0.4, -0.2) is 0 Å². The van der Waals surface area contributed by atoms with Crippen molar-refractivity contribution in [3.8, 4) is 6.07 Å². The van der Waals surface area contributed by atoms with Gasteiger partial charge in [0.2, 0.25) is 0 Å². The SMILES string of the molecule is C=CC/C=C(/C)C/C=C(/F)CC#N. The van der Waals surface area contributed by atoms with Crippen LogP contribution in [0.2, 0.25) is 0 Å². The lowest BCUT2D eigenvalue weighted by Crippen LogP contribution is -1.76. The Hall–Kier alpha value is -1.36. The summed E-state index contributed by atoms with van der Waals surface area (Å²) >= 11 is 0. The maximum absolute atomic E-state index is 12.7. The number of hydrogen-bond acceptors (Lipinski definition) is 1. The van der Waals surface area contributed by atoms with Crippen molar-refractivity contribution in [2.24, 2.45) is 0 Å². The third kappa shape index (κ3) is 7.02. The Morgan fingerprint density at radius 2 is 2.23 bits per heavy atom. The van der Waals surface area contributed by atoms with Crippen molar-refractivity contribution < 1.29 is 4.39 Å². The minimum atomic E-state index is -0.353. The van der Waals surface area contributed by atoms with Crippen LogP contribution in [0.25, 0.3) is 0 Å². The van der Waals surface area contributed by atoms with Crippen LogP contribution in [0.5, 0.6) is 0 Å². The van der Waals surface area contributed by atoms with Crippen LogP contribution in [-0.2, 0) is 0 Å². The largest absolute Gasteiger partial charge is 0.211 e. The second kappa shape index (κ2) is 7.30. The highest BCUT2D eigenvalue weighted by Gasteiger charge is 1.92. The third-order valence-corrected chi connectivity index (χ3v) is 1.53. The van der Waals surface area contributed by atoms with Crippen molar-refractivity contribution in [1.29, 1.82) is 5.26 Å². The van der Waals surface area contributed by atoms with E-state index in [-0.39, 0.29) is 12.2 Å². The standard InChI is InChI=1S/C11H14FN/c1-3-4-5-10(2)6-7-11(12)8-9-13/h3,5,7H,1,4,6,8H2,2H3/b10-5-,11-7+. The first-order valence-electron chi connectivity index (χ1n) is 4.18. The van der Waals surface area contributed by atoms with Gasteiger partial charge in [0.25, 0.3) is 0 Å². The van der Waals surface area contributed by atoms with Crippen LogP contribution < -0.4 is 0 Å². The molecule has 0 rings (SSSR count). The molecular formula is C11H14FN. The Kier molecular flexibility index (Phi) is 6.53. The Morgan fingerprint density at radius 3 is 2.77 bits per heavy atom. The molecule has 0 saturated carbocycles. The van der Waals surface area contributed by atoms with Crippen molar-refractivity contribution >= 4 is 0 Å². The maximum atomic E-state index is 12.7. The quantitative estimate of drug-likeness (QED) is 0.591. The molecule has 1 nitrogen and oxygen atoms in total. The number of nitriles is 1. The van der Waals surface area contributed by atoms with Gasteiger partial charge in [-0.25, -0.2) is 4.39 Å². The van der Waals surface area contributed by atoms with Gasteiger partial charge in [0.1, 0.15) is 5.83 Å². The van der Waals surface area contributed by atoms with Crippen LogP contribution in [0.3, 0.4) is 0 Å². The summed E-state index contributed by atoms with van der Waals surface area (Å²) in [6.07, 6.45) is 6.47. The zero-order valence-electron chi connectivity index (χ0n) is 7.89. The molecule has 0 saturated heterocycles. The van der Waals surface area contributed by atoms with Crippen molar-refractivity contribution in [2.45, 2.75) is 26.2 Å². The third-order valence-electron chi connectivity index (χ3n) is 1.53. The fraction of sp³-hybridized carbons (Fsp3) is 0.364. The van der Waals surface area contributed by atoms with E-state index < -0.39 is 0 Å². The number of nitrogens with zero attached hydrogens (tertiary/aromatic N) is 1. The lowest BCUT2D eigenvalue weighted by atomic mass is 10.1. The molecule has 0 unspecified atom stereocenters. The van der Waals surface area contributed by atoms with Gasteiger partial charge < -0.3 is 0 Å². The highest BCUT2D eigenvalue weighted by atomic mass is 19.1. The van der Waals surface area contributed by atoms with Gasteiger partial charge in [0, 0.05) is 0 Å². The van der Waals surface area contributed by atoms with Gasteiger partial charge in [0.15, 0.2) is 0 Å². The van der Waals surface area contributed by atoms with Crippen molar-refractivity contribution in [3.63, 3.8) is 0 Å². The maximum Gasteiger partial charge on any atom is 0.110 e. The molecule has 0 spiro atoms. The van der Waals surface area contributed by atoms with E-state index in [2.05, 4.69) is 6.58 Å². The van der Waals surface area contributed by atoms with Crippen LogP contribution in [0.1, 0.15) is 26.2 Å². The minimum Gasteiger partial charge on any atom is -0.211 e. The molecule has 13 heavy (non-hydrogen) atoms. The molecule has 0 bridgehead atoms. The predicted molar refractivity (Wildman–Crippen MR) is 52.6 cm³/mol. The molecule has 0 aliphatic heterocycles. The summed E-state index contributed by atoms with van der Waals surface area (Å²) in [6.45, 7) is 5.51. The lowest BCUT2D eigenvalue weighted by molar-refractivity contribution is 0.615. The van der Waals surface area contributed by atoms with E-state index in [0.717, 1.165) is 12.0 Å². The van der Waals surface area contributed by atoms with E-state index >= 15 is 0 Å². The molecular weight excluding hydrogens is 165 g/mol. The van der Waals surface area contributed by atoms with E-state index in [9.17, 15) is 4.39 Å². The Morgan fingerprint density at radius 1 is 1.54 bits per heavy atom. The number of hydrogen-bond donors (Lipinski definition) is 0. The molecule has 0 aliphatic rings. The highest BCUT2D eigenvalue weighted by molar-refractivity contribution is 5.09. The van der Waals surface area contributed by atoms with Crippen LogP contribution in [0.4, 0.5) is 4.39 Å². The molecule has 0 fully saturated rings. The summed E-state index contributed by atoms with van der Waals surface area (Å²) < 4.78 is 12.7. The molecule has 0 aliphatic carbocycles. The van der Waals surface area contributed by atoms with Gasteiger partial charge in [0.05, 0.1) is 12.5 Å². The van der Waals surface area contributed by atoms with Gasteiger partial charge in [-0.2, -0.15) is 5.26 Å². The summed E-state index contributed by atoms with van der Waals surface area (Å²) in [7, 11) is 0. The Labute approximate surface area is 78.9 Å². The molecule has 2 heteroatoms. The van der Waals surface area contributed by atoms with E-state index in [4.69, 9.17) is 5.26 Å². The van der Waals surface area contributed by atoms with Gasteiger partial charge in [-0.15, -0.1) is 6.58 Å². The molecule has 0 aromatic rings.